The zero-order chi connectivity index (χ0) is 12.2. The Morgan fingerprint density at radius 2 is 1.82 bits per heavy atom. The summed E-state index contributed by atoms with van der Waals surface area (Å²) in [5.41, 5.74) is 6.70. The highest BCUT2D eigenvalue weighted by molar-refractivity contribution is 5.85. The first-order chi connectivity index (χ1) is 7.38. The van der Waals surface area contributed by atoms with E-state index in [1.807, 2.05) is 51.1 Å². The van der Waals surface area contributed by atoms with E-state index in [0.29, 0.717) is 6.42 Å². The molecule has 1 atom stereocenters. The van der Waals surface area contributed by atoms with Crippen molar-refractivity contribution < 1.29 is 4.79 Å². The minimum absolute atomic E-state index is 0. The molecule has 0 aliphatic heterocycles. The molecule has 0 spiro atoms. The quantitative estimate of drug-likeness (QED) is 0.868. The Hall–Kier alpha value is -1.06. The first kappa shape index (κ1) is 15.9. The molecule has 17 heavy (non-hydrogen) atoms. The maximum Gasteiger partial charge on any atom is 0.237 e. The fraction of sp³-hybridized carbons (Fsp3) is 0.462. The summed E-state index contributed by atoms with van der Waals surface area (Å²) >= 11 is 0. The predicted octanol–water partition coefficient (Wildman–Crippen LogP) is 1.89. The maximum atomic E-state index is 11.7. The monoisotopic (exact) mass is 256 g/mol. The number of amides is 1. The van der Waals surface area contributed by atoms with Gasteiger partial charge in [-0.25, -0.2) is 0 Å². The van der Waals surface area contributed by atoms with E-state index in [2.05, 4.69) is 5.32 Å². The van der Waals surface area contributed by atoms with Crippen LogP contribution in [0, 0.1) is 0 Å². The number of hydrogen-bond acceptors (Lipinski definition) is 2. The normalized spacial score (nSPS) is 12.5. The van der Waals surface area contributed by atoms with Crippen LogP contribution in [0.4, 0.5) is 0 Å². The van der Waals surface area contributed by atoms with Crippen LogP contribution < -0.4 is 11.1 Å². The van der Waals surface area contributed by atoms with E-state index in [1.165, 1.54) is 0 Å². The summed E-state index contributed by atoms with van der Waals surface area (Å²) in [6.07, 6.45) is 0.572. The van der Waals surface area contributed by atoms with Gasteiger partial charge in [0.25, 0.3) is 0 Å². The summed E-state index contributed by atoms with van der Waals surface area (Å²) in [6.45, 7) is 5.83. The molecule has 0 aromatic heterocycles. The Morgan fingerprint density at radius 3 is 2.29 bits per heavy atom. The van der Waals surface area contributed by atoms with E-state index in [4.69, 9.17) is 5.73 Å². The Bertz CT molecular complexity index is 346. The second-order valence-electron chi connectivity index (χ2n) is 5.04. The van der Waals surface area contributed by atoms with Crippen LogP contribution in [0.5, 0.6) is 0 Å². The number of rotatable bonds is 3. The first-order valence-corrected chi connectivity index (χ1v) is 5.50. The Labute approximate surface area is 109 Å². The van der Waals surface area contributed by atoms with E-state index < -0.39 is 6.04 Å². The van der Waals surface area contributed by atoms with Gasteiger partial charge in [-0.1, -0.05) is 30.3 Å². The summed E-state index contributed by atoms with van der Waals surface area (Å²) in [5.74, 6) is -0.101. The van der Waals surface area contributed by atoms with Crippen LogP contribution in [-0.4, -0.2) is 17.5 Å². The molecule has 0 radical (unpaired) electrons. The van der Waals surface area contributed by atoms with E-state index in [9.17, 15) is 4.79 Å². The van der Waals surface area contributed by atoms with Gasteiger partial charge in [0.2, 0.25) is 5.91 Å². The van der Waals surface area contributed by atoms with E-state index in [0.717, 1.165) is 5.56 Å². The predicted molar refractivity (Wildman–Crippen MR) is 73.3 cm³/mol. The van der Waals surface area contributed by atoms with Crippen molar-refractivity contribution in [3.63, 3.8) is 0 Å². The van der Waals surface area contributed by atoms with Gasteiger partial charge in [0.05, 0.1) is 6.04 Å². The van der Waals surface area contributed by atoms with E-state index in [-0.39, 0.29) is 23.9 Å². The van der Waals surface area contributed by atoms with E-state index >= 15 is 0 Å². The van der Waals surface area contributed by atoms with Gasteiger partial charge in [0.1, 0.15) is 0 Å². The summed E-state index contributed by atoms with van der Waals surface area (Å²) in [4.78, 5) is 11.7. The van der Waals surface area contributed by atoms with Crippen molar-refractivity contribution in [1.29, 1.82) is 0 Å². The van der Waals surface area contributed by atoms with Crippen LogP contribution in [0.15, 0.2) is 30.3 Å². The molecule has 1 aromatic rings. The van der Waals surface area contributed by atoms with Crippen LogP contribution in [-0.2, 0) is 11.2 Å². The molecule has 0 bridgehead atoms. The van der Waals surface area contributed by atoms with Crippen LogP contribution in [0.2, 0.25) is 0 Å². The second kappa shape index (κ2) is 6.62. The standard InChI is InChI=1S/C13H20N2O.ClH/c1-13(2,3)15-12(16)11(14)9-10-7-5-4-6-8-10;/h4-8,11H,9,14H2,1-3H3,(H,15,16);1H/t11-;/m1./s1. The number of nitrogens with two attached hydrogens (primary N) is 1. The van der Waals surface area contributed by atoms with Gasteiger partial charge in [-0.15, -0.1) is 12.4 Å². The third kappa shape index (κ3) is 6.29. The maximum absolute atomic E-state index is 11.7. The van der Waals surface area contributed by atoms with Crippen LogP contribution >= 0.6 is 12.4 Å². The highest BCUT2D eigenvalue weighted by Gasteiger charge is 2.19. The number of halogens is 1. The number of hydrogen-bond donors (Lipinski definition) is 2. The molecule has 0 fully saturated rings. The topological polar surface area (TPSA) is 55.1 Å². The van der Waals surface area contributed by atoms with Gasteiger partial charge in [0.15, 0.2) is 0 Å². The lowest BCUT2D eigenvalue weighted by molar-refractivity contribution is -0.123. The van der Waals surface area contributed by atoms with Crippen molar-refractivity contribution in [2.45, 2.75) is 38.8 Å². The lowest BCUT2D eigenvalue weighted by Gasteiger charge is -2.23. The van der Waals surface area contributed by atoms with Crippen molar-refractivity contribution in [1.82, 2.24) is 5.32 Å². The summed E-state index contributed by atoms with van der Waals surface area (Å²) in [6, 6.07) is 9.31. The molecule has 96 valence electrons. The van der Waals surface area contributed by atoms with Crippen molar-refractivity contribution in [3.8, 4) is 0 Å². The molecule has 0 heterocycles. The number of nitrogens with one attached hydrogen (secondary N) is 1. The fourth-order valence-corrected chi connectivity index (χ4v) is 1.42. The van der Waals surface area contributed by atoms with E-state index in [1.54, 1.807) is 0 Å². The minimum atomic E-state index is -0.485. The van der Waals surface area contributed by atoms with Gasteiger partial charge >= 0.3 is 0 Å². The smallest absolute Gasteiger partial charge is 0.237 e. The van der Waals surface area contributed by atoms with Crippen molar-refractivity contribution in [2.24, 2.45) is 5.73 Å². The molecule has 1 aromatic carbocycles. The first-order valence-electron chi connectivity index (χ1n) is 5.50. The molecule has 3 nitrogen and oxygen atoms in total. The average Bonchev–Trinajstić information content (AvgIpc) is 2.16. The molecule has 0 saturated heterocycles. The van der Waals surface area contributed by atoms with Gasteiger partial charge < -0.3 is 11.1 Å². The Kier molecular flexibility index (Phi) is 6.21. The Morgan fingerprint density at radius 1 is 1.29 bits per heavy atom. The average molecular weight is 257 g/mol. The van der Waals surface area contributed by atoms with Crippen molar-refractivity contribution in [3.05, 3.63) is 35.9 Å². The lowest BCUT2D eigenvalue weighted by atomic mass is 10.0. The number of carbonyl (C=O) groups excluding carboxylic acids is 1. The number of carbonyl (C=O) groups is 1. The largest absolute Gasteiger partial charge is 0.350 e. The third-order valence-corrected chi connectivity index (χ3v) is 2.13. The molecule has 0 aliphatic rings. The zero-order valence-electron chi connectivity index (χ0n) is 10.6. The van der Waals surface area contributed by atoms with Gasteiger partial charge in [-0.3, -0.25) is 4.79 Å². The molecule has 4 heteroatoms. The van der Waals surface area contributed by atoms with Crippen molar-refractivity contribution in [2.75, 3.05) is 0 Å². The van der Waals surface area contributed by atoms with Crippen molar-refractivity contribution >= 4 is 18.3 Å². The SMILES string of the molecule is CC(C)(C)NC(=O)[C@H](N)Cc1ccccc1.Cl. The number of benzene rings is 1. The molecule has 1 amide bonds. The summed E-state index contributed by atoms with van der Waals surface area (Å²) in [7, 11) is 0. The molecule has 0 unspecified atom stereocenters. The summed E-state index contributed by atoms with van der Waals surface area (Å²) in [5, 5.41) is 2.88. The molecule has 0 aliphatic carbocycles. The zero-order valence-corrected chi connectivity index (χ0v) is 11.4. The highest BCUT2D eigenvalue weighted by Crippen LogP contribution is 2.04. The van der Waals surface area contributed by atoms with Gasteiger partial charge in [-0.05, 0) is 32.8 Å². The van der Waals surface area contributed by atoms with Crippen LogP contribution in [0.1, 0.15) is 26.3 Å². The Balaban J connectivity index is 0.00000256. The minimum Gasteiger partial charge on any atom is -0.350 e. The highest BCUT2D eigenvalue weighted by atomic mass is 35.5. The van der Waals surface area contributed by atoms with Crippen LogP contribution in [0.25, 0.3) is 0 Å². The fourth-order valence-electron chi connectivity index (χ4n) is 1.42. The van der Waals surface area contributed by atoms with Crippen LogP contribution in [0.3, 0.4) is 0 Å². The molecular weight excluding hydrogens is 236 g/mol. The molecule has 1 rings (SSSR count). The van der Waals surface area contributed by atoms with Gasteiger partial charge in [0, 0.05) is 5.54 Å². The summed E-state index contributed by atoms with van der Waals surface area (Å²) < 4.78 is 0. The molecular formula is C13H21ClN2O. The van der Waals surface area contributed by atoms with Gasteiger partial charge in [-0.2, -0.15) is 0 Å². The third-order valence-electron chi connectivity index (χ3n) is 2.13. The molecule has 0 saturated carbocycles. The molecule has 3 N–H and O–H groups in total. The second-order valence-corrected chi connectivity index (χ2v) is 5.04. The lowest BCUT2D eigenvalue weighted by Crippen LogP contribution is -2.49.